The van der Waals surface area contributed by atoms with Crippen LogP contribution < -0.4 is 5.32 Å². The third kappa shape index (κ3) is 2.39. The highest BCUT2D eigenvalue weighted by atomic mass is 16.2. The standard InChI is InChI=1S/C17H21N3O2/c21-16(19-10-9-18-17(19)22)11-20(13-6-7-13)15-8-5-12-3-1-2-4-14(12)15/h1-4,13,15H,5-11H2,(H,18,22)/t15-/m1/s1. The molecule has 1 saturated carbocycles. The van der Waals surface area contributed by atoms with Gasteiger partial charge < -0.3 is 5.32 Å². The average Bonchev–Trinajstić information content (AvgIpc) is 3.14. The van der Waals surface area contributed by atoms with Crippen molar-refractivity contribution < 1.29 is 9.59 Å². The molecule has 1 heterocycles. The molecule has 1 atom stereocenters. The molecule has 1 aliphatic heterocycles. The van der Waals surface area contributed by atoms with E-state index < -0.39 is 0 Å². The number of carbonyl (C=O) groups excluding carboxylic acids is 2. The highest BCUT2D eigenvalue weighted by Crippen LogP contribution is 2.41. The molecule has 2 fully saturated rings. The summed E-state index contributed by atoms with van der Waals surface area (Å²) in [6.45, 7) is 1.43. The lowest BCUT2D eigenvalue weighted by atomic mass is 10.1. The minimum absolute atomic E-state index is 0.0636. The summed E-state index contributed by atoms with van der Waals surface area (Å²) in [6, 6.07) is 9.14. The monoisotopic (exact) mass is 299 g/mol. The summed E-state index contributed by atoms with van der Waals surface area (Å²) in [7, 11) is 0. The Kier molecular flexibility index (Phi) is 3.37. The highest BCUT2D eigenvalue weighted by molar-refractivity contribution is 5.96. The zero-order chi connectivity index (χ0) is 15.1. The van der Waals surface area contributed by atoms with Crippen LogP contribution in [0.15, 0.2) is 24.3 Å². The second-order valence-corrected chi connectivity index (χ2v) is 6.43. The fourth-order valence-corrected chi connectivity index (χ4v) is 3.73. The molecule has 1 aromatic rings. The van der Waals surface area contributed by atoms with Crippen molar-refractivity contribution in [2.75, 3.05) is 19.6 Å². The lowest BCUT2D eigenvalue weighted by molar-refractivity contribution is -0.129. The topological polar surface area (TPSA) is 52.7 Å². The van der Waals surface area contributed by atoms with Crippen LogP contribution in [0.3, 0.4) is 0 Å². The van der Waals surface area contributed by atoms with E-state index in [4.69, 9.17) is 0 Å². The van der Waals surface area contributed by atoms with Gasteiger partial charge in [-0.15, -0.1) is 0 Å². The first-order chi connectivity index (χ1) is 10.7. The minimum Gasteiger partial charge on any atom is -0.336 e. The Morgan fingerprint density at radius 1 is 1.27 bits per heavy atom. The molecule has 0 aromatic heterocycles. The molecule has 0 unspecified atom stereocenters. The third-order valence-corrected chi connectivity index (χ3v) is 4.99. The van der Waals surface area contributed by atoms with E-state index in [2.05, 4.69) is 34.5 Å². The van der Waals surface area contributed by atoms with Crippen LogP contribution in [0.5, 0.6) is 0 Å². The van der Waals surface area contributed by atoms with Crippen molar-refractivity contribution in [1.29, 1.82) is 0 Å². The molecule has 22 heavy (non-hydrogen) atoms. The van der Waals surface area contributed by atoms with Crippen LogP contribution in [0.25, 0.3) is 0 Å². The van der Waals surface area contributed by atoms with Gasteiger partial charge in [0.1, 0.15) is 0 Å². The summed E-state index contributed by atoms with van der Waals surface area (Å²) in [5.41, 5.74) is 2.78. The number of imide groups is 1. The number of amides is 3. The molecular weight excluding hydrogens is 278 g/mol. The Hall–Kier alpha value is -1.88. The minimum atomic E-state index is -0.243. The summed E-state index contributed by atoms with van der Waals surface area (Å²) in [4.78, 5) is 27.9. The van der Waals surface area contributed by atoms with Gasteiger partial charge in [0.2, 0.25) is 5.91 Å². The number of nitrogens with zero attached hydrogens (tertiary/aromatic N) is 2. The van der Waals surface area contributed by atoms with Gasteiger partial charge in [0.15, 0.2) is 0 Å². The average molecular weight is 299 g/mol. The second-order valence-electron chi connectivity index (χ2n) is 6.43. The van der Waals surface area contributed by atoms with Gasteiger partial charge in [-0.25, -0.2) is 4.79 Å². The normalized spacial score (nSPS) is 23.8. The van der Waals surface area contributed by atoms with Gasteiger partial charge in [-0.3, -0.25) is 14.6 Å². The van der Waals surface area contributed by atoms with E-state index in [1.54, 1.807) is 0 Å². The highest BCUT2D eigenvalue weighted by Gasteiger charge is 2.39. The molecule has 0 spiro atoms. The number of hydrogen-bond donors (Lipinski definition) is 1. The van der Waals surface area contributed by atoms with E-state index in [1.165, 1.54) is 16.0 Å². The molecule has 1 saturated heterocycles. The van der Waals surface area contributed by atoms with Crippen LogP contribution >= 0.6 is 0 Å². The van der Waals surface area contributed by atoms with Gasteiger partial charge in [-0.05, 0) is 36.8 Å². The number of hydrogen-bond acceptors (Lipinski definition) is 3. The molecule has 116 valence electrons. The van der Waals surface area contributed by atoms with E-state index in [0.717, 1.165) is 25.7 Å². The molecule has 1 N–H and O–H groups in total. The number of nitrogens with one attached hydrogen (secondary N) is 1. The van der Waals surface area contributed by atoms with Crippen molar-refractivity contribution in [2.45, 2.75) is 37.8 Å². The first-order valence-corrected chi connectivity index (χ1v) is 8.16. The fourth-order valence-electron chi connectivity index (χ4n) is 3.73. The predicted molar refractivity (Wildman–Crippen MR) is 82.3 cm³/mol. The summed E-state index contributed by atoms with van der Waals surface area (Å²) in [5.74, 6) is -0.0636. The van der Waals surface area contributed by atoms with Crippen LogP contribution in [0.4, 0.5) is 4.79 Å². The van der Waals surface area contributed by atoms with Crippen LogP contribution in [0.1, 0.15) is 36.4 Å². The van der Waals surface area contributed by atoms with Gasteiger partial charge >= 0.3 is 6.03 Å². The van der Waals surface area contributed by atoms with Crippen LogP contribution in [-0.2, 0) is 11.2 Å². The molecule has 2 aliphatic carbocycles. The number of rotatable bonds is 4. The Morgan fingerprint density at radius 3 is 2.82 bits per heavy atom. The Bertz CT molecular complexity index is 612. The van der Waals surface area contributed by atoms with E-state index >= 15 is 0 Å². The quantitative estimate of drug-likeness (QED) is 0.920. The summed E-state index contributed by atoms with van der Waals surface area (Å²) < 4.78 is 0. The van der Waals surface area contributed by atoms with Gasteiger partial charge in [-0.1, -0.05) is 24.3 Å². The number of urea groups is 1. The van der Waals surface area contributed by atoms with Gasteiger partial charge in [0, 0.05) is 25.2 Å². The number of benzene rings is 1. The van der Waals surface area contributed by atoms with E-state index in [-0.39, 0.29) is 11.9 Å². The maximum atomic E-state index is 12.5. The predicted octanol–water partition coefficient (Wildman–Crippen LogP) is 1.69. The van der Waals surface area contributed by atoms with Gasteiger partial charge in [0.05, 0.1) is 6.54 Å². The number of carbonyl (C=O) groups is 2. The Morgan fingerprint density at radius 2 is 2.09 bits per heavy atom. The molecular formula is C17H21N3O2. The van der Waals surface area contributed by atoms with Crippen LogP contribution in [0, 0.1) is 0 Å². The van der Waals surface area contributed by atoms with Gasteiger partial charge in [0.25, 0.3) is 0 Å². The maximum Gasteiger partial charge on any atom is 0.324 e. The van der Waals surface area contributed by atoms with E-state index in [0.29, 0.717) is 31.7 Å². The Balaban J connectivity index is 1.53. The van der Waals surface area contributed by atoms with Crippen molar-refractivity contribution in [3.8, 4) is 0 Å². The fraction of sp³-hybridized carbons (Fsp3) is 0.529. The molecule has 4 rings (SSSR count). The van der Waals surface area contributed by atoms with Crippen molar-refractivity contribution in [3.63, 3.8) is 0 Å². The van der Waals surface area contributed by atoms with E-state index in [1.807, 2.05) is 0 Å². The zero-order valence-electron chi connectivity index (χ0n) is 12.6. The SMILES string of the molecule is O=C(CN(C1CC1)[C@@H]1CCc2ccccc21)N1CCNC1=O. The molecule has 3 amide bonds. The number of fused-ring (bicyclic) bond motifs is 1. The summed E-state index contributed by atoms with van der Waals surface area (Å²) in [6.07, 6.45) is 4.49. The lowest BCUT2D eigenvalue weighted by Crippen LogP contribution is -2.43. The molecule has 1 aromatic carbocycles. The lowest BCUT2D eigenvalue weighted by Gasteiger charge is -2.30. The molecule has 0 radical (unpaired) electrons. The zero-order valence-corrected chi connectivity index (χ0v) is 12.6. The molecule has 0 bridgehead atoms. The maximum absolute atomic E-state index is 12.5. The largest absolute Gasteiger partial charge is 0.336 e. The van der Waals surface area contributed by atoms with Gasteiger partial charge in [-0.2, -0.15) is 0 Å². The first-order valence-electron chi connectivity index (χ1n) is 8.16. The van der Waals surface area contributed by atoms with Crippen molar-refractivity contribution in [2.24, 2.45) is 0 Å². The second kappa shape index (κ2) is 5.39. The molecule has 3 aliphatic rings. The smallest absolute Gasteiger partial charge is 0.324 e. The van der Waals surface area contributed by atoms with Crippen molar-refractivity contribution in [1.82, 2.24) is 15.1 Å². The van der Waals surface area contributed by atoms with E-state index in [9.17, 15) is 9.59 Å². The molecule has 5 heteroatoms. The molecule has 5 nitrogen and oxygen atoms in total. The van der Waals surface area contributed by atoms with Crippen molar-refractivity contribution in [3.05, 3.63) is 35.4 Å². The summed E-state index contributed by atoms with van der Waals surface area (Å²) >= 11 is 0. The Labute approximate surface area is 130 Å². The third-order valence-electron chi connectivity index (χ3n) is 4.99. The first kappa shape index (κ1) is 13.8. The van der Waals surface area contributed by atoms with Crippen molar-refractivity contribution >= 4 is 11.9 Å². The summed E-state index contributed by atoms with van der Waals surface area (Å²) in [5, 5.41) is 2.70. The van der Waals surface area contributed by atoms with Crippen LogP contribution in [-0.4, -0.2) is 47.4 Å². The number of aryl methyl sites for hydroxylation is 1. The van der Waals surface area contributed by atoms with Crippen LogP contribution in [0.2, 0.25) is 0 Å².